The summed E-state index contributed by atoms with van der Waals surface area (Å²) >= 11 is 0. The van der Waals surface area contributed by atoms with Crippen molar-refractivity contribution in [2.45, 2.75) is 325 Å². The molecular formula is C57H126N4O. The van der Waals surface area contributed by atoms with Crippen molar-refractivity contribution in [2.24, 2.45) is 40.4 Å². The molecule has 0 aromatic carbocycles. The topological polar surface area (TPSA) is 65.2 Å². The summed E-state index contributed by atoms with van der Waals surface area (Å²) in [6.45, 7) is 54.0. The van der Waals surface area contributed by atoms with Crippen LogP contribution >= 0.6 is 0 Å². The molecule has 6 fully saturated rings. The Morgan fingerprint density at radius 1 is 0.532 bits per heavy atom. The van der Waals surface area contributed by atoms with Gasteiger partial charge in [0.25, 0.3) is 0 Å². The smallest absolute Gasteiger partial charge is 0.217 e. The lowest BCUT2D eigenvalue weighted by Gasteiger charge is -2.45. The van der Waals surface area contributed by atoms with Crippen LogP contribution in [0.15, 0.2) is 0 Å². The first-order valence-corrected chi connectivity index (χ1v) is 26.2. The maximum atomic E-state index is 11.0. The Labute approximate surface area is 396 Å². The van der Waals surface area contributed by atoms with Gasteiger partial charge in [0.15, 0.2) is 0 Å². The minimum atomic E-state index is 0. The first-order valence-electron chi connectivity index (χ1n) is 26.2. The van der Waals surface area contributed by atoms with Crippen LogP contribution in [0.3, 0.4) is 0 Å². The van der Waals surface area contributed by atoms with Gasteiger partial charge in [-0.3, -0.25) is 4.79 Å². The van der Waals surface area contributed by atoms with E-state index < -0.39 is 0 Å². The zero-order chi connectivity index (χ0) is 47.7. The molecule has 5 heteroatoms. The number of amides is 1. The van der Waals surface area contributed by atoms with Crippen molar-refractivity contribution in [2.75, 3.05) is 0 Å². The van der Waals surface area contributed by atoms with Crippen molar-refractivity contribution in [3.05, 3.63) is 0 Å². The van der Waals surface area contributed by atoms with Crippen LogP contribution in [0, 0.1) is 40.4 Å². The van der Waals surface area contributed by atoms with Crippen LogP contribution in [0.5, 0.6) is 0 Å². The molecule has 5 nitrogen and oxygen atoms in total. The summed E-state index contributed by atoms with van der Waals surface area (Å²) in [5.74, 6) is 5.03. The van der Waals surface area contributed by atoms with Gasteiger partial charge in [0, 0.05) is 47.7 Å². The highest BCUT2D eigenvalue weighted by molar-refractivity contribution is 5.73. The summed E-state index contributed by atoms with van der Waals surface area (Å²) in [6.07, 6.45) is 20.8. The van der Waals surface area contributed by atoms with Crippen LogP contribution < -0.4 is 21.3 Å². The van der Waals surface area contributed by atoms with E-state index in [9.17, 15) is 4.79 Å². The summed E-state index contributed by atoms with van der Waals surface area (Å²) < 4.78 is 0. The molecule has 6 aliphatic rings. The molecule has 0 aromatic heterocycles. The Bertz CT molecular complexity index is 1010. The Kier molecular flexibility index (Phi) is 39.3. The van der Waals surface area contributed by atoms with Gasteiger partial charge in [-0.25, -0.2) is 0 Å². The van der Waals surface area contributed by atoms with E-state index in [0.29, 0.717) is 34.0 Å². The minimum absolute atomic E-state index is 0. The van der Waals surface area contributed by atoms with Gasteiger partial charge in [-0.1, -0.05) is 151 Å². The van der Waals surface area contributed by atoms with Gasteiger partial charge in [0.05, 0.1) is 0 Å². The second-order valence-corrected chi connectivity index (χ2v) is 23.6. The zero-order valence-corrected chi connectivity index (χ0v) is 46.2. The molecular weight excluding hydrogens is 757 g/mol. The number of nitrogens with one attached hydrogen (secondary N) is 4. The molecule has 62 heavy (non-hydrogen) atoms. The van der Waals surface area contributed by atoms with E-state index in [-0.39, 0.29) is 26.3 Å². The fourth-order valence-corrected chi connectivity index (χ4v) is 10.3. The highest BCUT2D eigenvalue weighted by Gasteiger charge is 2.40. The monoisotopic (exact) mass is 883 g/mol. The van der Waals surface area contributed by atoms with Gasteiger partial charge < -0.3 is 21.3 Å². The van der Waals surface area contributed by atoms with Gasteiger partial charge in [0.1, 0.15) is 0 Å². The number of carbonyl (C=O) groups is 1. The molecule has 1 amide bonds. The summed E-state index contributed by atoms with van der Waals surface area (Å²) in [4.78, 5) is 11.0. The molecule has 6 rings (SSSR count). The Morgan fingerprint density at radius 2 is 0.952 bits per heavy atom. The van der Waals surface area contributed by atoms with Gasteiger partial charge in [0.2, 0.25) is 5.91 Å². The molecule has 4 N–H and O–H groups in total. The quantitative estimate of drug-likeness (QED) is 0.215. The predicted molar refractivity (Wildman–Crippen MR) is 288 cm³/mol. The molecule has 4 bridgehead atoms. The Morgan fingerprint density at radius 3 is 1.24 bits per heavy atom. The van der Waals surface area contributed by atoms with Crippen LogP contribution in [-0.4, -0.2) is 46.7 Å². The normalized spacial score (nSPS) is 26.3. The largest absolute Gasteiger partial charge is 0.354 e. The number of hydrogen-bond acceptors (Lipinski definition) is 4. The molecule has 7 unspecified atom stereocenters. The van der Waals surface area contributed by atoms with E-state index in [1.165, 1.54) is 96.3 Å². The van der Waals surface area contributed by atoms with Gasteiger partial charge in [-0.15, -0.1) is 0 Å². The number of hydrogen-bond donors (Lipinski definition) is 4. The number of fused-ring (bicyclic) bond motifs is 5. The fourth-order valence-electron chi connectivity index (χ4n) is 10.3. The molecule has 0 saturated heterocycles. The molecule has 0 spiro atoms. The first-order chi connectivity index (χ1) is 27.6. The summed E-state index contributed by atoms with van der Waals surface area (Å²) in [7, 11) is 0. The fraction of sp³-hybridized carbons (Fsp3) is 0.982. The van der Waals surface area contributed by atoms with E-state index in [4.69, 9.17) is 0 Å². The zero-order valence-electron chi connectivity index (χ0n) is 46.2. The Hall–Kier alpha value is -0.650. The van der Waals surface area contributed by atoms with Crippen molar-refractivity contribution in [1.29, 1.82) is 0 Å². The second kappa shape index (κ2) is 34.6. The van der Waals surface area contributed by atoms with Crippen molar-refractivity contribution in [1.82, 2.24) is 21.3 Å². The standard InChI is InChI=1S/C13H25NO.C12H23N.C11H21N.C11H25N.4C2H6.2CH4/c1-10(15)14-12-7-5-6-11(8-12)9-13(2,3)4;1-12(2,3)13-11-8-9-4-6-10(11)7-5-9;1-11(2,3)12-10-7-8-4-5-9(10)6-8;1-8-9(10(2,3)4)12-11(5,6)7;4*1-2;;/h11-12H,5-9H2,1-4H3,(H,14,15);9-11,13H,4-8H2,1-3H3;8-10,12H,4-7H2,1-3H3;9,12H,8H2,1-7H3;4*1-2H3;2*1H4. The van der Waals surface area contributed by atoms with Crippen molar-refractivity contribution in [3.8, 4) is 0 Å². The third kappa shape index (κ3) is 34.7. The average molecular weight is 884 g/mol. The molecule has 6 aliphatic carbocycles. The number of carbonyl (C=O) groups excluding carboxylic acids is 1. The van der Waals surface area contributed by atoms with Crippen molar-refractivity contribution in [3.63, 3.8) is 0 Å². The van der Waals surface area contributed by atoms with Crippen LogP contribution in [0.25, 0.3) is 0 Å². The van der Waals surface area contributed by atoms with Crippen LogP contribution in [0.1, 0.15) is 284 Å². The van der Waals surface area contributed by atoms with E-state index in [2.05, 4.69) is 132 Å². The van der Waals surface area contributed by atoms with Crippen LogP contribution in [0.2, 0.25) is 0 Å². The van der Waals surface area contributed by atoms with Gasteiger partial charge >= 0.3 is 0 Å². The maximum Gasteiger partial charge on any atom is 0.217 e. The van der Waals surface area contributed by atoms with E-state index in [1.54, 1.807) is 6.92 Å². The van der Waals surface area contributed by atoms with E-state index in [0.717, 1.165) is 41.7 Å². The maximum absolute atomic E-state index is 11.0. The molecule has 0 radical (unpaired) electrons. The molecule has 7 atom stereocenters. The predicted octanol–water partition coefficient (Wildman–Crippen LogP) is 17.2. The first kappa shape index (κ1) is 70.4. The lowest BCUT2D eigenvalue weighted by Crippen LogP contribution is -2.51. The third-order valence-electron chi connectivity index (χ3n) is 12.2. The molecule has 0 heterocycles. The third-order valence-corrected chi connectivity index (χ3v) is 12.2. The van der Waals surface area contributed by atoms with E-state index in [1.807, 2.05) is 55.4 Å². The molecule has 0 aliphatic heterocycles. The SMILES string of the molecule is C.C.CC.CC.CC.CC.CC(=O)NC1CCCC(CC(C)(C)C)C1.CC(C)(C)NC1CC2CCC1C2.CC(C)(C)NC1CC2CCC1CC2.CCC(NC(C)(C)C)C(C)(C)C. The van der Waals surface area contributed by atoms with Crippen molar-refractivity contribution < 1.29 is 4.79 Å². The second-order valence-electron chi connectivity index (χ2n) is 23.6. The van der Waals surface area contributed by atoms with Crippen LogP contribution in [0.4, 0.5) is 0 Å². The average Bonchev–Trinajstić information content (AvgIpc) is 3.76. The Balaban J connectivity index is -0.000000219. The van der Waals surface area contributed by atoms with E-state index >= 15 is 0 Å². The number of rotatable bonds is 6. The highest BCUT2D eigenvalue weighted by atomic mass is 16.1. The molecule has 6 saturated carbocycles. The van der Waals surface area contributed by atoms with Gasteiger partial charge in [-0.2, -0.15) is 0 Å². The summed E-state index contributed by atoms with van der Waals surface area (Å²) in [6, 6.07) is 2.71. The highest BCUT2D eigenvalue weighted by Crippen LogP contribution is 2.45. The summed E-state index contributed by atoms with van der Waals surface area (Å²) in [5.41, 5.74) is 1.63. The summed E-state index contributed by atoms with van der Waals surface area (Å²) in [5, 5.41) is 14.2. The molecule has 380 valence electrons. The van der Waals surface area contributed by atoms with Crippen LogP contribution in [-0.2, 0) is 4.79 Å². The lowest BCUT2D eigenvalue weighted by atomic mass is 9.67. The van der Waals surface area contributed by atoms with Crippen molar-refractivity contribution >= 4 is 5.91 Å². The van der Waals surface area contributed by atoms with Gasteiger partial charge in [-0.05, 0) is 167 Å². The minimum Gasteiger partial charge on any atom is -0.354 e. The lowest BCUT2D eigenvalue weighted by molar-refractivity contribution is -0.120. The molecule has 0 aromatic rings.